The van der Waals surface area contributed by atoms with E-state index in [1.54, 1.807) is 0 Å². The quantitative estimate of drug-likeness (QED) is 0.366. The second-order valence-corrected chi connectivity index (χ2v) is 0. The fourth-order valence-electron chi connectivity index (χ4n) is 0. The standard InChI is InChI=1S/2CO.CH3.B.Ru/c2*1-2;;;/h;;1H3;;/q3*-1;;+3. The summed E-state index contributed by atoms with van der Waals surface area (Å²) in [6.07, 6.45) is 0. The van der Waals surface area contributed by atoms with Gasteiger partial charge in [0.05, 0.1) is 0 Å². The summed E-state index contributed by atoms with van der Waals surface area (Å²) in [4.78, 5) is 15.0. The van der Waals surface area contributed by atoms with Crippen molar-refractivity contribution in [3.8, 4) is 0 Å². The molecule has 0 atom stereocenters. The molecule has 0 aromatic carbocycles. The minimum absolute atomic E-state index is 0. The first-order valence-electron chi connectivity index (χ1n) is 0.408. The summed E-state index contributed by atoms with van der Waals surface area (Å²) >= 11 is 0. The van der Waals surface area contributed by atoms with Crippen molar-refractivity contribution < 1.29 is 29.1 Å². The largest absolute Gasteiger partial charge is 3.00 e. The summed E-state index contributed by atoms with van der Waals surface area (Å²) < 4.78 is 0. The summed E-state index contributed by atoms with van der Waals surface area (Å²) in [7, 11) is 0. The third-order valence-electron chi connectivity index (χ3n) is 0. The van der Waals surface area contributed by atoms with Crippen LogP contribution in [0.5, 0.6) is 0 Å². The summed E-state index contributed by atoms with van der Waals surface area (Å²) in [6.45, 7) is 9.00. The van der Waals surface area contributed by atoms with Gasteiger partial charge in [0.15, 0.2) is 0 Å². The molecule has 0 aliphatic rings. The maximum absolute atomic E-state index is 7.50. The molecular weight excluding hydrogens is 180 g/mol. The second-order valence-electron chi connectivity index (χ2n) is 0. The van der Waals surface area contributed by atoms with Crippen LogP contribution in [-0.4, -0.2) is 22.0 Å². The van der Waals surface area contributed by atoms with E-state index in [9.17, 15) is 0 Å². The molecule has 2 nitrogen and oxygen atoms in total. The average molecular weight is 183 g/mol. The number of hydrogen-bond acceptors (Lipinski definition) is 2. The monoisotopic (exact) mass is 184 g/mol. The summed E-state index contributed by atoms with van der Waals surface area (Å²) in [5, 5.41) is 0. The molecule has 0 N–H and O–H groups in total. The summed E-state index contributed by atoms with van der Waals surface area (Å²) in [6, 6.07) is 0. The van der Waals surface area contributed by atoms with Gasteiger partial charge in [-0.15, -0.1) is 0 Å². The summed E-state index contributed by atoms with van der Waals surface area (Å²) in [5.41, 5.74) is 0. The van der Waals surface area contributed by atoms with Gasteiger partial charge in [0.25, 0.3) is 0 Å². The van der Waals surface area contributed by atoms with Crippen LogP contribution in [0.2, 0.25) is 0 Å². The Hall–Kier alpha value is 0.0283. The molecule has 0 heterocycles. The fourth-order valence-corrected chi connectivity index (χ4v) is 0. The van der Waals surface area contributed by atoms with Crippen LogP contribution in [-0.2, 0) is 29.1 Å². The first-order valence-corrected chi connectivity index (χ1v) is 0.408. The van der Waals surface area contributed by atoms with Gasteiger partial charge in [-0.1, -0.05) is 0 Å². The molecule has 0 unspecified atom stereocenters. The molecule has 7 heavy (non-hydrogen) atoms. The van der Waals surface area contributed by atoms with E-state index in [-0.39, 0.29) is 35.3 Å². The minimum Gasteiger partial charge on any atom is -0.573 e. The van der Waals surface area contributed by atoms with Gasteiger partial charge in [-0.05, 0) is 0 Å². The average Bonchev–Trinajstić information content (AvgIpc) is 1.50. The molecular formula is C3H3BO2Ru. The van der Waals surface area contributed by atoms with E-state index in [0.717, 1.165) is 0 Å². The van der Waals surface area contributed by atoms with Crippen LogP contribution < -0.4 is 0 Å². The van der Waals surface area contributed by atoms with Crippen LogP contribution in [0, 0.1) is 7.43 Å². The van der Waals surface area contributed by atoms with E-state index in [4.69, 9.17) is 9.59 Å². The van der Waals surface area contributed by atoms with Crippen molar-refractivity contribution in [2.75, 3.05) is 0 Å². The van der Waals surface area contributed by atoms with Gasteiger partial charge < -0.3 is 30.6 Å². The van der Waals surface area contributed by atoms with Gasteiger partial charge in [-0.2, -0.15) is 0 Å². The Morgan fingerprint density at radius 1 is 0.857 bits per heavy atom. The van der Waals surface area contributed by atoms with Gasteiger partial charge in [-0.3, -0.25) is 0 Å². The molecule has 0 aromatic rings. The van der Waals surface area contributed by atoms with E-state index in [1.807, 2.05) is 0 Å². The van der Waals surface area contributed by atoms with Gasteiger partial charge in [0.1, 0.15) is 0 Å². The van der Waals surface area contributed by atoms with E-state index in [1.165, 1.54) is 0 Å². The molecule has 0 rings (SSSR count). The zero-order valence-corrected chi connectivity index (χ0v) is 5.49. The molecule has 6 radical (unpaired) electrons. The molecule has 0 bridgehead atoms. The fraction of sp³-hybridized carbons (Fsp3) is 0. The molecule has 0 saturated heterocycles. The topological polar surface area (TPSA) is 34.1 Å². The first-order chi connectivity index (χ1) is 2.00. The van der Waals surface area contributed by atoms with E-state index in [2.05, 4.69) is 13.6 Å². The predicted octanol–water partition coefficient (Wildman–Crippen LogP) is -0.727. The van der Waals surface area contributed by atoms with Crippen molar-refractivity contribution >= 4 is 22.0 Å². The van der Waals surface area contributed by atoms with Gasteiger partial charge >= 0.3 is 19.5 Å². The SMILES string of the molecule is [B].[C-]=O.[C-]=O.[CH3-].[Ru+3]. The Labute approximate surface area is 59.0 Å². The molecule has 0 aliphatic carbocycles. The number of carbonyl (C=O) groups excluding carboxylic acids is 2. The molecule has 4 heteroatoms. The van der Waals surface area contributed by atoms with Gasteiger partial charge in [-0.25, -0.2) is 0 Å². The van der Waals surface area contributed by atoms with Crippen molar-refractivity contribution in [1.29, 1.82) is 0 Å². The third kappa shape index (κ3) is 122000. The molecule has 0 aromatic heterocycles. The van der Waals surface area contributed by atoms with Gasteiger partial charge in [0, 0.05) is 8.41 Å². The molecule has 0 saturated carbocycles. The normalized spacial score (nSPS) is 1.14. The van der Waals surface area contributed by atoms with Crippen LogP contribution >= 0.6 is 0 Å². The molecule has 38 valence electrons. The molecule has 0 amide bonds. The third-order valence-corrected chi connectivity index (χ3v) is 0. The van der Waals surface area contributed by atoms with Crippen molar-refractivity contribution in [3.63, 3.8) is 0 Å². The van der Waals surface area contributed by atoms with Crippen molar-refractivity contribution in [3.05, 3.63) is 7.43 Å². The van der Waals surface area contributed by atoms with Crippen LogP contribution in [0.3, 0.4) is 0 Å². The zero-order chi connectivity index (χ0) is 4.00. The predicted molar refractivity (Wildman–Crippen MR) is 23.6 cm³/mol. The maximum atomic E-state index is 7.50. The second kappa shape index (κ2) is 190000. The smallest absolute Gasteiger partial charge is 0.573 e. The number of rotatable bonds is 0. The zero-order valence-electron chi connectivity index (χ0n) is 3.75. The van der Waals surface area contributed by atoms with Crippen molar-refractivity contribution in [2.24, 2.45) is 0 Å². The molecule has 0 aliphatic heterocycles. The van der Waals surface area contributed by atoms with Crippen LogP contribution in [0.4, 0.5) is 0 Å². The van der Waals surface area contributed by atoms with E-state index >= 15 is 0 Å². The van der Waals surface area contributed by atoms with Gasteiger partial charge in [0.2, 0.25) is 0 Å². The number of hydrogen-bond donors (Lipinski definition) is 0. The summed E-state index contributed by atoms with van der Waals surface area (Å²) in [5.74, 6) is 0. The van der Waals surface area contributed by atoms with Crippen LogP contribution in [0.1, 0.15) is 0 Å². The maximum Gasteiger partial charge on any atom is 3.00 e. The molecule has 0 spiro atoms. The van der Waals surface area contributed by atoms with E-state index in [0.29, 0.717) is 0 Å². The Bertz CT molecular complexity index is 14.9. The Balaban J connectivity index is -0.00000000267. The van der Waals surface area contributed by atoms with Crippen LogP contribution in [0.15, 0.2) is 0 Å². The molecule has 0 fully saturated rings. The van der Waals surface area contributed by atoms with Crippen molar-refractivity contribution in [2.45, 2.75) is 0 Å². The Kier molecular flexibility index (Phi) is 1690000. The minimum atomic E-state index is 0. The Morgan fingerprint density at radius 3 is 0.857 bits per heavy atom. The van der Waals surface area contributed by atoms with Crippen LogP contribution in [0.25, 0.3) is 0 Å². The van der Waals surface area contributed by atoms with Crippen molar-refractivity contribution in [1.82, 2.24) is 0 Å². The first kappa shape index (κ1) is 62.1. The Morgan fingerprint density at radius 2 is 0.857 bits per heavy atom. The van der Waals surface area contributed by atoms with E-state index < -0.39 is 0 Å².